The van der Waals surface area contributed by atoms with Crippen molar-refractivity contribution in [2.45, 2.75) is 228 Å². The van der Waals surface area contributed by atoms with Crippen molar-refractivity contribution in [3.63, 3.8) is 0 Å². The molecule has 0 heterocycles. The molecule has 0 aromatic heterocycles. The van der Waals surface area contributed by atoms with Gasteiger partial charge in [0, 0.05) is 11.5 Å². The predicted molar refractivity (Wildman–Crippen MR) is 206 cm³/mol. The van der Waals surface area contributed by atoms with Gasteiger partial charge in [-0.2, -0.15) is 0 Å². The minimum absolute atomic E-state index is 0.184. The lowest BCUT2D eigenvalue weighted by Gasteiger charge is -2.63. The normalized spacial score (nSPS) is 30.6. The Labute approximate surface area is 290 Å². The lowest BCUT2D eigenvalue weighted by atomic mass is 9.42. The van der Waals surface area contributed by atoms with Crippen LogP contribution in [0.1, 0.15) is 222 Å². The van der Waals surface area contributed by atoms with E-state index >= 15 is 0 Å². The molecule has 3 aliphatic rings. The minimum atomic E-state index is 0.184. The second-order valence-corrected chi connectivity index (χ2v) is 17.5. The highest BCUT2D eigenvalue weighted by molar-refractivity contribution is 5.28. The Morgan fingerprint density at radius 1 is 0.674 bits per heavy atom. The quantitative estimate of drug-likeness (QED) is 0.0981. The lowest BCUT2D eigenvalue weighted by molar-refractivity contribution is -0.0801. The van der Waals surface area contributed by atoms with Gasteiger partial charge in [-0.25, -0.2) is 0 Å². The van der Waals surface area contributed by atoms with E-state index in [1.165, 1.54) is 179 Å². The van der Waals surface area contributed by atoms with E-state index in [1.54, 1.807) is 0 Å². The van der Waals surface area contributed by atoms with Crippen LogP contribution in [0.15, 0.2) is 12.2 Å². The third kappa shape index (κ3) is 9.27. The minimum Gasteiger partial charge on any atom is -0.324 e. The summed E-state index contributed by atoms with van der Waals surface area (Å²) in [5, 5.41) is 0. The summed E-state index contributed by atoms with van der Waals surface area (Å²) in [5.41, 5.74) is 10.3. The van der Waals surface area contributed by atoms with E-state index in [4.69, 9.17) is 12.3 Å². The fourth-order valence-electron chi connectivity index (χ4n) is 12.3. The number of hydrogen-bond donors (Lipinski definition) is 1. The fraction of sp³-hybridized carbons (Fsp3) is 0.956. The highest BCUT2D eigenvalue weighted by Crippen LogP contribution is 2.66. The summed E-state index contributed by atoms with van der Waals surface area (Å²) in [6, 6.07) is 0.184. The number of nitrogens with two attached hydrogens (primary N) is 1. The monoisotopic (exact) mass is 640 g/mol. The summed E-state index contributed by atoms with van der Waals surface area (Å²) in [6.45, 7) is 22.3. The van der Waals surface area contributed by atoms with Crippen LogP contribution in [0.3, 0.4) is 0 Å². The molecular formula is C45H85N. The molecule has 0 aromatic rings. The van der Waals surface area contributed by atoms with Gasteiger partial charge < -0.3 is 5.73 Å². The first-order chi connectivity index (χ1) is 22.2. The van der Waals surface area contributed by atoms with E-state index < -0.39 is 0 Å². The predicted octanol–water partition coefficient (Wildman–Crippen LogP) is 14.6. The Balaban J connectivity index is 1.64. The average molecular weight is 640 g/mol. The Morgan fingerprint density at radius 2 is 1.17 bits per heavy atom. The van der Waals surface area contributed by atoms with Crippen molar-refractivity contribution in [3.05, 3.63) is 12.2 Å². The van der Waals surface area contributed by atoms with Crippen molar-refractivity contribution in [1.29, 1.82) is 0 Å². The van der Waals surface area contributed by atoms with Gasteiger partial charge in [0.1, 0.15) is 0 Å². The summed E-state index contributed by atoms with van der Waals surface area (Å²) >= 11 is 0. The van der Waals surface area contributed by atoms with Crippen molar-refractivity contribution in [2.75, 3.05) is 0 Å². The van der Waals surface area contributed by atoms with Crippen LogP contribution in [0.25, 0.3) is 0 Å². The molecule has 270 valence electrons. The van der Waals surface area contributed by atoms with Gasteiger partial charge >= 0.3 is 0 Å². The van der Waals surface area contributed by atoms with E-state index in [0.29, 0.717) is 22.7 Å². The van der Waals surface area contributed by atoms with Gasteiger partial charge in [-0.15, -0.1) is 0 Å². The van der Waals surface area contributed by atoms with Crippen LogP contribution >= 0.6 is 0 Å². The molecule has 3 saturated carbocycles. The first-order valence-corrected chi connectivity index (χ1v) is 21.7. The van der Waals surface area contributed by atoms with Gasteiger partial charge in [-0.1, -0.05) is 176 Å². The number of rotatable bonds is 21. The molecule has 3 rings (SSSR count). The van der Waals surface area contributed by atoms with E-state index in [0.717, 1.165) is 17.8 Å². The zero-order chi connectivity index (χ0) is 33.6. The van der Waals surface area contributed by atoms with E-state index in [2.05, 4.69) is 48.5 Å². The molecule has 0 radical (unpaired) electrons. The molecule has 46 heavy (non-hydrogen) atoms. The number of hydrogen-bond acceptors (Lipinski definition) is 1. The van der Waals surface area contributed by atoms with Crippen LogP contribution < -0.4 is 5.73 Å². The Kier molecular flexibility index (Phi) is 17.3. The van der Waals surface area contributed by atoms with Gasteiger partial charge in [0.05, 0.1) is 0 Å². The molecule has 0 amide bonds. The molecule has 3 fully saturated rings. The maximum atomic E-state index is 7.29. The van der Waals surface area contributed by atoms with Crippen molar-refractivity contribution >= 4 is 0 Å². The molecule has 2 N–H and O–H groups in total. The van der Waals surface area contributed by atoms with Gasteiger partial charge in [0.2, 0.25) is 0 Å². The Bertz CT molecular complexity index is 818. The van der Waals surface area contributed by atoms with Crippen LogP contribution in [0.4, 0.5) is 0 Å². The summed E-state index contributed by atoms with van der Waals surface area (Å²) in [5.74, 6) is 3.59. The zero-order valence-corrected chi connectivity index (χ0v) is 32.8. The molecule has 0 aliphatic heterocycles. The van der Waals surface area contributed by atoms with Gasteiger partial charge in [0.15, 0.2) is 0 Å². The largest absolute Gasteiger partial charge is 0.324 e. The zero-order valence-electron chi connectivity index (χ0n) is 32.8. The smallest absolute Gasteiger partial charge is 0.0288 e. The molecule has 3 aliphatic carbocycles. The number of unbranched alkanes of at least 4 members (excludes halogenated alkanes) is 12. The Morgan fingerprint density at radius 3 is 1.61 bits per heavy atom. The summed E-state index contributed by atoms with van der Waals surface area (Å²) in [7, 11) is 0. The van der Waals surface area contributed by atoms with Crippen molar-refractivity contribution in [3.8, 4) is 0 Å². The standard InChI is InChI=1S/C45H85N/c1-9-15-16-17-18-19-20-21-22-23-24-25-26-27-38(10-2)45(37(8)42(46)40(11-3)36(7)41(45)12-4)39-28-30-44(31-29-39)34-32-43(13-5,14-6)33-35-44/h36,38-42H,8-35,46H2,1-7H3. The highest BCUT2D eigenvalue weighted by Gasteiger charge is 2.59. The van der Waals surface area contributed by atoms with Crippen LogP contribution in [-0.2, 0) is 0 Å². The molecule has 6 atom stereocenters. The van der Waals surface area contributed by atoms with Crippen molar-refractivity contribution < 1.29 is 0 Å². The van der Waals surface area contributed by atoms with Crippen LogP contribution in [0, 0.1) is 45.8 Å². The second-order valence-electron chi connectivity index (χ2n) is 17.5. The molecule has 6 unspecified atom stereocenters. The SMILES string of the molecule is C=C1C(N)C(CC)C(C)C(CC)C1(C(CC)CCCCCCCCCCCCCCC)C1CCC2(CC1)CCC(CC)(CC)CC2. The summed E-state index contributed by atoms with van der Waals surface area (Å²) < 4.78 is 0. The van der Waals surface area contributed by atoms with Crippen LogP contribution in [0.2, 0.25) is 0 Å². The maximum absolute atomic E-state index is 7.29. The maximum Gasteiger partial charge on any atom is 0.0288 e. The topological polar surface area (TPSA) is 26.0 Å². The van der Waals surface area contributed by atoms with E-state index in [1.807, 2.05) is 0 Å². The van der Waals surface area contributed by atoms with E-state index in [9.17, 15) is 0 Å². The van der Waals surface area contributed by atoms with Crippen LogP contribution in [-0.4, -0.2) is 6.04 Å². The average Bonchev–Trinajstić information content (AvgIpc) is 3.08. The van der Waals surface area contributed by atoms with Gasteiger partial charge in [0.25, 0.3) is 0 Å². The fourth-order valence-corrected chi connectivity index (χ4v) is 12.3. The molecule has 0 saturated heterocycles. The lowest BCUT2D eigenvalue weighted by Crippen LogP contribution is -2.60. The van der Waals surface area contributed by atoms with Gasteiger partial charge in [-0.05, 0) is 98.2 Å². The first-order valence-electron chi connectivity index (χ1n) is 21.7. The first kappa shape index (κ1) is 40.1. The highest BCUT2D eigenvalue weighted by atomic mass is 14.7. The van der Waals surface area contributed by atoms with Crippen LogP contribution in [0.5, 0.6) is 0 Å². The second kappa shape index (κ2) is 19.8. The summed E-state index contributed by atoms with van der Waals surface area (Å²) in [4.78, 5) is 0. The van der Waals surface area contributed by atoms with Gasteiger partial charge in [-0.3, -0.25) is 0 Å². The van der Waals surface area contributed by atoms with E-state index in [-0.39, 0.29) is 11.5 Å². The summed E-state index contributed by atoms with van der Waals surface area (Å²) in [6.07, 6.45) is 38.5. The molecule has 0 aromatic carbocycles. The molecule has 1 spiro atoms. The van der Waals surface area contributed by atoms with Crippen molar-refractivity contribution in [1.82, 2.24) is 0 Å². The third-order valence-electron chi connectivity index (χ3n) is 15.7. The molecule has 1 heteroatoms. The molecule has 1 nitrogen and oxygen atoms in total. The molecular weight excluding hydrogens is 555 g/mol. The third-order valence-corrected chi connectivity index (χ3v) is 15.7. The molecule has 0 bridgehead atoms. The van der Waals surface area contributed by atoms with Crippen molar-refractivity contribution in [2.24, 2.45) is 51.6 Å². The Hall–Kier alpha value is -0.300.